The lowest BCUT2D eigenvalue weighted by atomic mass is 9.83. The third-order valence-electron chi connectivity index (χ3n) is 4.46. The first-order valence-corrected chi connectivity index (χ1v) is 10.00. The van der Waals surface area contributed by atoms with Gasteiger partial charge >= 0.3 is 0 Å². The van der Waals surface area contributed by atoms with Crippen LogP contribution in [0.3, 0.4) is 0 Å². The van der Waals surface area contributed by atoms with E-state index in [0.29, 0.717) is 39.4 Å². The number of carbonyl (C=O) groups excluding carboxylic acids is 1. The number of hydrogen-bond acceptors (Lipinski definition) is 5. The van der Waals surface area contributed by atoms with Gasteiger partial charge in [-0.2, -0.15) is 12.8 Å². The normalized spacial score (nSPS) is 17.0. The number of nitrogens with one attached hydrogen (secondary N) is 1. The van der Waals surface area contributed by atoms with E-state index in [1.54, 1.807) is 25.2 Å². The van der Waals surface area contributed by atoms with Crippen molar-refractivity contribution in [3.63, 3.8) is 0 Å². The van der Waals surface area contributed by atoms with E-state index in [1.165, 1.54) is 6.07 Å². The predicted octanol–water partition coefficient (Wildman–Crippen LogP) is 2.79. The zero-order valence-electron chi connectivity index (χ0n) is 15.1. The number of rotatable bonds is 4. The highest BCUT2D eigenvalue weighted by molar-refractivity contribution is 7.90. The van der Waals surface area contributed by atoms with Crippen molar-refractivity contribution in [2.45, 2.75) is 24.8 Å². The predicted molar refractivity (Wildman–Crippen MR) is 103 cm³/mol. The highest BCUT2D eigenvalue weighted by Crippen LogP contribution is 2.40. The maximum atomic E-state index is 13.0. The van der Waals surface area contributed by atoms with Gasteiger partial charge < -0.3 is 10.1 Å². The monoisotopic (exact) mass is 382 g/mol. The fourth-order valence-electron chi connectivity index (χ4n) is 3.45. The summed E-state index contributed by atoms with van der Waals surface area (Å²) in [6.07, 6.45) is -0.0116. The second-order valence-corrected chi connectivity index (χ2v) is 8.19. The standard InChI is InChI=1S/C20H18N2O4S/c1-11(2)26-13-7-4-6-12(10-13)16-18-17-14(20(23)19(16)21-3)8-5-9-15(17)27(24,25)22-18/h4-11,21H,1-3H3. The molecule has 0 amide bonds. The number of ketones is 1. The van der Waals surface area contributed by atoms with Gasteiger partial charge in [-0.15, -0.1) is 0 Å². The van der Waals surface area contributed by atoms with Gasteiger partial charge in [0.2, 0.25) is 5.78 Å². The summed E-state index contributed by atoms with van der Waals surface area (Å²) in [4.78, 5) is 13.1. The van der Waals surface area contributed by atoms with Crippen molar-refractivity contribution in [2.24, 2.45) is 4.40 Å². The van der Waals surface area contributed by atoms with Crippen LogP contribution in [0.1, 0.15) is 35.3 Å². The van der Waals surface area contributed by atoms with Crippen LogP contribution in [-0.4, -0.2) is 33.1 Å². The van der Waals surface area contributed by atoms with Crippen LogP contribution in [0.15, 0.2) is 57.5 Å². The molecule has 0 aromatic heterocycles. The molecule has 138 valence electrons. The summed E-state index contributed by atoms with van der Waals surface area (Å²) in [6.45, 7) is 3.84. The Morgan fingerprint density at radius 1 is 1.11 bits per heavy atom. The Bertz CT molecular complexity index is 1140. The van der Waals surface area contributed by atoms with Crippen molar-refractivity contribution >= 4 is 27.1 Å². The molecule has 1 N–H and O–H groups in total. The molecule has 27 heavy (non-hydrogen) atoms. The van der Waals surface area contributed by atoms with Gasteiger partial charge in [0.05, 0.1) is 22.4 Å². The summed E-state index contributed by atoms with van der Waals surface area (Å²) in [6, 6.07) is 11.9. The molecule has 2 aromatic carbocycles. The summed E-state index contributed by atoms with van der Waals surface area (Å²) in [5, 5.41) is 2.93. The van der Waals surface area contributed by atoms with Crippen LogP contribution in [0.25, 0.3) is 5.57 Å². The Morgan fingerprint density at radius 3 is 2.56 bits per heavy atom. The van der Waals surface area contributed by atoms with Gasteiger partial charge in [0.1, 0.15) is 5.75 Å². The van der Waals surface area contributed by atoms with E-state index in [9.17, 15) is 13.2 Å². The van der Waals surface area contributed by atoms with E-state index in [4.69, 9.17) is 4.74 Å². The molecule has 0 saturated carbocycles. The minimum atomic E-state index is -3.83. The SMILES string of the molecule is CNC1=C(c2cccc(OC(C)C)c2)C2=NS(=O)(=O)c3cccc(c32)C1=O. The number of sulfonamides is 1. The van der Waals surface area contributed by atoms with Crippen LogP contribution in [-0.2, 0) is 10.0 Å². The third-order valence-corrected chi connectivity index (χ3v) is 5.77. The van der Waals surface area contributed by atoms with Crippen molar-refractivity contribution in [2.75, 3.05) is 7.05 Å². The Hall–Kier alpha value is -2.93. The number of ether oxygens (including phenoxy) is 1. The second kappa shape index (κ2) is 6.06. The molecule has 0 saturated heterocycles. The summed E-state index contributed by atoms with van der Waals surface area (Å²) in [5.41, 5.74) is 2.48. The van der Waals surface area contributed by atoms with Crippen molar-refractivity contribution in [1.82, 2.24) is 5.32 Å². The van der Waals surface area contributed by atoms with E-state index < -0.39 is 10.0 Å². The largest absolute Gasteiger partial charge is 0.491 e. The second-order valence-electron chi connectivity index (χ2n) is 6.62. The molecule has 0 atom stereocenters. The molecule has 0 bridgehead atoms. The lowest BCUT2D eigenvalue weighted by Gasteiger charge is -2.22. The fourth-order valence-corrected chi connectivity index (χ4v) is 4.68. The topological polar surface area (TPSA) is 84.8 Å². The molecule has 1 heterocycles. The molecule has 0 spiro atoms. The minimum Gasteiger partial charge on any atom is -0.491 e. The highest BCUT2D eigenvalue weighted by atomic mass is 32.2. The molecule has 7 heteroatoms. The molecule has 2 aliphatic rings. The van der Waals surface area contributed by atoms with Crippen LogP contribution in [0, 0.1) is 0 Å². The first-order valence-electron chi connectivity index (χ1n) is 8.56. The third kappa shape index (κ3) is 2.66. The average molecular weight is 382 g/mol. The van der Waals surface area contributed by atoms with E-state index in [1.807, 2.05) is 32.0 Å². The van der Waals surface area contributed by atoms with E-state index in [2.05, 4.69) is 9.71 Å². The Labute approximate surface area is 157 Å². The lowest BCUT2D eigenvalue weighted by molar-refractivity contribution is 0.102. The molecular formula is C20H18N2O4S. The first-order chi connectivity index (χ1) is 12.8. The van der Waals surface area contributed by atoms with Gasteiger partial charge in [-0.25, -0.2) is 0 Å². The van der Waals surface area contributed by atoms with Crippen molar-refractivity contribution in [1.29, 1.82) is 0 Å². The van der Waals surface area contributed by atoms with Gasteiger partial charge in [-0.3, -0.25) is 4.79 Å². The van der Waals surface area contributed by atoms with Crippen molar-refractivity contribution in [3.8, 4) is 5.75 Å². The van der Waals surface area contributed by atoms with Crippen LogP contribution in [0.2, 0.25) is 0 Å². The Balaban J connectivity index is 2.00. The van der Waals surface area contributed by atoms with Gasteiger partial charge in [0.15, 0.2) is 0 Å². The van der Waals surface area contributed by atoms with Crippen molar-refractivity contribution in [3.05, 3.63) is 64.9 Å². The summed E-state index contributed by atoms with van der Waals surface area (Å²) in [5.74, 6) is 0.383. The number of Topliss-reactive ketones (excluding diaryl/α,β-unsaturated/α-hetero) is 1. The van der Waals surface area contributed by atoms with Gasteiger partial charge in [0.25, 0.3) is 10.0 Å². The zero-order valence-corrected chi connectivity index (χ0v) is 15.9. The lowest BCUT2D eigenvalue weighted by Crippen LogP contribution is -2.27. The number of carbonyl (C=O) groups is 1. The number of hydrogen-bond donors (Lipinski definition) is 1. The highest BCUT2D eigenvalue weighted by Gasteiger charge is 2.40. The molecule has 0 fully saturated rings. The molecule has 6 nitrogen and oxygen atoms in total. The molecule has 0 unspecified atom stereocenters. The van der Waals surface area contributed by atoms with E-state index >= 15 is 0 Å². The molecule has 2 aromatic rings. The minimum absolute atomic E-state index is 0.0116. The molecule has 1 aliphatic carbocycles. The van der Waals surface area contributed by atoms with Crippen molar-refractivity contribution < 1.29 is 17.9 Å². The van der Waals surface area contributed by atoms with Crippen LogP contribution in [0.5, 0.6) is 5.75 Å². The summed E-state index contributed by atoms with van der Waals surface area (Å²) in [7, 11) is -2.19. The fraction of sp³-hybridized carbons (Fsp3) is 0.200. The molecule has 1 aliphatic heterocycles. The van der Waals surface area contributed by atoms with Crippen LogP contribution >= 0.6 is 0 Å². The molecule has 4 rings (SSSR count). The quantitative estimate of drug-likeness (QED) is 0.879. The Kier molecular flexibility index (Phi) is 3.92. The molecular weight excluding hydrogens is 364 g/mol. The number of nitrogens with zero attached hydrogens (tertiary/aromatic N) is 1. The van der Waals surface area contributed by atoms with E-state index in [-0.39, 0.29) is 16.8 Å². The zero-order chi connectivity index (χ0) is 19.3. The van der Waals surface area contributed by atoms with Crippen LogP contribution < -0.4 is 10.1 Å². The van der Waals surface area contributed by atoms with Crippen LogP contribution in [0.4, 0.5) is 0 Å². The number of likely N-dealkylation sites (N-methyl/N-ethyl adjacent to an activating group) is 1. The van der Waals surface area contributed by atoms with Gasteiger partial charge in [-0.05, 0) is 37.6 Å². The molecule has 0 radical (unpaired) electrons. The first kappa shape index (κ1) is 17.5. The smallest absolute Gasteiger partial charge is 0.283 e. The summed E-state index contributed by atoms with van der Waals surface area (Å²) < 4.78 is 34.8. The van der Waals surface area contributed by atoms with Gasteiger partial charge in [-0.1, -0.05) is 24.3 Å². The maximum Gasteiger partial charge on any atom is 0.283 e. The number of allylic oxidation sites excluding steroid dienone is 2. The summed E-state index contributed by atoms with van der Waals surface area (Å²) >= 11 is 0. The number of benzene rings is 2. The average Bonchev–Trinajstić information content (AvgIpc) is 2.89. The maximum absolute atomic E-state index is 13.0. The Morgan fingerprint density at radius 2 is 1.85 bits per heavy atom. The van der Waals surface area contributed by atoms with E-state index in [0.717, 1.165) is 0 Å². The van der Waals surface area contributed by atoms with Gasteiger partial charge in [0, 0.05) is 23.7 Å².